The van der Waals surface area contributed by atoms with Gasteiger partial charge in [0.1, 0.15) is 6.29 Å². The van der Waals surface area contributed by atoms with Gasteiger partial charge in [0.15, 0.2) is 0 Å². The van der Waals surface area contributed by atoms with Crippen molar-refractivity contribution in [3.05, 3.63) is 55.6 Å². The maximum absolute atomic E-state index is 10.9. The van der Waals surface area contributed by atoms with Crippen molar-refractivity contribution < 1.29 is 9.72 Å². The van der Waals surface area contributed by atoms with Gasteiger partial charge in [0, 0.05) is 10.5 Å². The Morgan fingerprint density at radius 2 is 2.11 bits per heavy atom. The average molecular weight is 288 g/mol. The summed E-state index contributed by atoms with van der Waals surface area (Å²) in [6.07, 6.45) is 2.18. The summed E-state index contributed by atoms with van der Waals surface area (Å²) < 4.78 is 0. The number of nitrogens with zero attached hydrogens (tertiary/aromatic N) is 1. The summed E-state index contributed by atoms with van der Waals surface area (Å²) in [5, 5.41) is 11.4. The molecule has 1 aromatic carbocycles. The second kappa shape index (κ2) is 6.52. The van der Waals surface area contributed by atoms with Crippen LogP contribution in [0, 0.1) is 10.1 Å². The summed E-state index contributed by atoms with van der Waals surface area (Å²) >= 11 is 11.7. The highest BCUT2D eigenvalue weighted by atomic mass is 35.5. The van der Waals surface area contributed by atoms with Crippen LogP contribution in [0.2, 0.25) is 10.0 Å². The quantitative estimate of drug-likeness (QED) is 0.360. The Morgan fingerprint density at radius 3 is 2.56 bits per heavy atom. The number of rotatable bonds is 5. The summed E-state index contributed by atoms with van der Waals surface area (Å²) in [7, 11) is 0. The second-order valence-corrected chi connectivity index (χ2v) is 4.46. The first-order chi connectivity index (χ1) is 8.49. The van der Waals surface area contributed by atoms with Gasteiger partial charge in [-0.05, 0) is 24.6 Å². The van der Waals surface area contributed by atoms with Gasteiger partial charge in [0.05, 0.1) is 16.0 Å². The van der Waals surface area contributed by atoms with Gasteiger partial charge in [-0.1, -0.05) is 35.3 Å². The minimum atomic E-state index is -0.614. The molecule has 1 atom stereocenters. The molecule has 0 aromatic heterocycles. The number of hydrogen-bond donors (Lipinski definition) is 0. The number of hydrogen-bond acceptors (Lipinski definition) is 3. The van der Waals surface area contributed by atoms with Crippen molar-refractivity contribution >= 4 is 29.5 Å². The molecule has 0 N–H and O–H groups in total. The van der Waals surface area contributed by atoms with Gasteiger partial charge in [-0.2, -0.15) is 0 Å². The second-order valence-electron chi connectivity index (χ2n) is 3.65. The molecule has 0 saturated carbocycles. The monoisotopic (exact) mass is 287 g/mol. The van der Waals surface area contributed by atoms with Crippen LogP contribution in [0.1, 0.15) is 18.4 Å². The fraction of sp³-hybridized carbons (Fsp3) is 0.250. The lowest BCUT2D eigenvalue weighted by Crippen LogP contribution is -2.15. The molecule has 0 saturated heterocycles. The first-order valence-corrected chi connectivity index (χ1v) is 5.93. The maximum atomic E-state index is 10.9. The zero-order chi connectivity index (χ0) is 13.7. The van der Waals surface area contributed by atoms with E-state index in [1.165, 1.54) is 0 Å². The van der Waals surface area contributed by atoms with Crippen molar-refractivity contribution in [3.63, 3.8) is 0 Å². The Balaban J connectivity index is 3.20. The van der Waals surface area contributed by atoms with Crippen LogP contribution in [-0.2, 0) is 4.79 Å². The first-order valence-electron chi connectivity index (χ1n) is 5.17. The van der Waals surface area contributed by atoms with Crippen molar-refractivity contribution in [2.75, 3.05) is 6.54 Å². The van der Waals surface area contributed by atoms with E-state index in [0.717, 1.165) is 0 Å². The van der Waals surface area contributed by atoms with E-state index in [2.05, 4.69) is 0 Å². The standard InChI is InChI=1S/C12H11Cl2NO3/c1-2-8(7-16)10(6-15(17)18)9-3-4-11(13)12(14)5-9/h2-5,7,10H,6H2,1H3/b8-2-/t10-/m1/s1. The smallest absolute Gasteiger partial charge is 0.214 e. The van der Waals surface area contributed by atoms with E-state index in [1.54, 1.807) is 31.2 Å². The molecule has 6 heteroatoms. The van der Waals surface area contributed by atoms with Crippen LogP contribution >= 0.6 is 23.2 Å². The van der Waals surface area contributed by atoms with Crippen LogP contribution in [0.25, 0.3) is 0 Å². The molecule has 96 valence electrons. The molecule has 0 aliphatic carbocycles. The number of benzene rings is 1. The summed E-state index contributed by atoms with van der Waals surface area (Å²) in [4.78, 5) is 21.2. The molecule has 0 heterocycles. The topological polar surface area (TPSA) is 60.2 Å². The Morgan fingerprint density at radius 1 is 1.44 bits per heavy atom. The van der Waals surface area contributed by atoms with Crippen LogP contribution in [0.3, 0.4) is 0 Å². The third-order valence-electron chi connectivity index (χ3n) is 2.55. The zero-order valence-electron chi connectivity index (χ0n) is 9.60. The minimum Gasteiger partial charge on any atom is -0.298 e. The maximum Gasteiger partial charge on any atom is 0.214 e. The lowest BCUT2D eigenvalue weighted by molar-refractivity contribution is -0.481. The molecular formula is C12H11Cl2NO3. The van der Waals surface area contributed by atoms with E-state index in [1.807, 2.05) is 0 Å². The lowest BCUT2D eigenvalue weighted by Gasteiger charge is -2.13. The van der Waals surface area contributed by atoms with E-state index < -0.39 is 10.8 Å². The Bertz CT molecular complexity index is 500. The summed E-state index contributed by atoms with van der Waals surface area (Å²) in [6, 6.07) is 4.74. The van der Waals surface area contributed by atoms with Gasteiger partial charge in [-0.15, -0.1) is 0 Å². The van der Waals surface area contributed by atoms with Crippen molar-refractivity contribution in [1.29, 1.82) is 0 Å². The predicted octanol–water partition coefficient (Wildman–Crippen LogP) is 3.50. The van der Waals surface area contributed by atoms with E-state index in [9.17, 15) is 14.9 Å². The minimum absolute atomic E-state index is 0.309. The van der Waals surface area contributed by atoms with Crippen LogP contribution in [0.15, 0.2) is 29.8 Å². The average Bonchev–Trinajstić information content (AvgIpc) is 2.32. The third-order valence-corrected chi connectivity index (χ3v) is 3.29. The molecule has 1 rings (SSSR count). The van der Waals surface area contributed by atoms with Crippen LogP contribution in [0.5, 0.6) is 0 Å². The molecule has 0 aliphatic rings. The van der Waals surface area contributed by atoms with Crippen molar-refractivity contribution in [1.82, 2.24) is 0 Å². The normalized spacial score (nSPS) is 13.2. The summed E-state index contributed by atoms with van der Waals surface area (Å²) in [5.74, 6) is -0.614. The fourth-order valence-electron chi connectivity index (χ4n) is 1.63. The van der Waals surface area contributed by atoms with Gasteiger partial charge < -0.3 is 0 Å². The number of nitro groups is 1. The highest BCUT2D eigenvalue weighted by Gasteiger charge is 2.22. The first kappa shape index (κ1) is 14.7. The van der Waals surface area contributed by atoms with E-state index in [0.29, 0.717) is 27.5 Å². The molecule has 0 spiro atoms. The summed E-state index contributed by atoms with van der Waals surface area (Å²) in [6.45, 7) is 1.30. The number of aldehydes is 1. The molecular weight excluding hydrogens is 277 g/mol. The number of allylic oxidation sites excluding steroid dienone is 1. The van der Waals surface area contributed by atoms with E-state index in [4.69, 9.17) is 23.2 Å². The predicted molar refractivity (Wildman–Crippen MR) is 70.9 cm³/mol. The van der Waals surface area contributed by atoms with Gasteiger partial charge in [0.25, 0.3) is 0 Å². The Kier molecular flexibility index (Phi) is 5.31. The van der Waals surface area contributed by atoms with E-state index in [-0.39, 0.29) is 6.54 Å². The molecule has 0 aliphatic heterocycles. The molecule has 0 amide bonds. The fourth-order valence-corrected chi connectivity index (χ4v) is 1.94. The van der Waals surface area contributed by atoms with Gasteiger partial charge in [-0.3, -0.25) is 14.9 Å². The van der Waals surface area contributed by atoms with Crippen LogP contribution < -0.4 is 0 Å². The molecule has 0 radical (unpaired) electrons. The zero-order valence-corrected chi connectivity index (χ0v) is 11.1. The third kappa shape index (κ3) is 3.55. The molecule has 18 heavy (non-hydrogen) atoms. The van der Waals surface area contributed by atoms with Crippen molar-refractivity contribution in [2.24, 2.45) is 0 Å². The molecule has 4 nitrogen and oxygen atoms in total. The van der Waals surface area contributed by atoms with E-state index >= 15 is 0 Å². The number of carbonyl (C=O) groups is 1. The SMILES string of the molecule is C/C=C(/C=O)[C@@H](C[N+](=O)[O-])c1ccc(Cl)c(Cl)c1. The molecule has 1 aromatic rings. The summed E-state index contributed by atoms with van der Waals surface area (Å²) in [5.41, 5.74) is 0.950. The molecule has 0 unspecified atom stereocenters. The highest BCUT2D eigenvalue weighted by molar-refractivity contribution is 6.42. The largest absolute Gasteiger partial charge is 0.298 e. The number of halogens is 2. The van der Waals surface area contributed by atoms with Gasteiger partial charge in [-0.25, -0.2) is 0 Å². The highest BCUT2D eigenvalue weighted by Crippen LogP contribution is 2.29. The van der Waals surface area contributed by atoms with Crippen LogP contribution in [-0.4, -0.2) is 17.8 Å². The lowest BCUT2D eigenvalue weighted by atomic mass is 9.91. The Hall–Kier alpha value is -1.39. The van der Waals surface area contributed by atoms with Gasteiger partial charge in [0.2, 0.25) is 6.54 Å². The Labute approximate surface area is 114 Å². The number of carbonyl (C=O) groups excluding carboxylic acids is 1. The van der Waals surface area contributed by atoms with Gasteiger partial charge >= 0.3 is 0 Å². The molecule has 0 bridgehead atoms. The van der Waals surface area contributed by atoms with Crippen molar-refractivity contribution in [3.8, 4) is 0 Å². The van der Waals surface area contributed by atoms with Crippen LogP contribution in [0.4, 0.5) is 0 Å². The van der Waals surface area contributed by atoms with Crippen molar-refractivity contribution in [2.45, 2.75) is 12.8 Å². The molecule has 0 fully saturated rings.